The Labute approximate surface area is 345 Å². The molecule has 11 heteroatoms. The maximum atomic E-state index is 6.97. The number of fused-ring (bicyclic) bond motifs is 15. The molecule has 12 rings (SSSR count). The molecule has 10 aromatic rings. The van der Waals surface area contributed by atoms with Crippen molar-refractivity contribution in [2.75, 3.05) is 0 Å². The first-order chi connectivity index (χ1) is 29.3. The van der Waals surface area contributed by atoms with Crippen molar-refractivity contribution in [2.24, 2.45) is 0 Å². The normalized spacial score (nSPS) is 20.6. The van der Waals surface area contributed by atoms with E-state index < -0.39 is 53.0 Å². The summed E-state index contributed by atoms with van der Waals surface area (Å²) in [6.07, 6.45) is -3.37. The fraction of sp³-hybridized carbons (Fsp3) is 0.184. The molecule has 2 fully saturated rings. The monoisotopic (exact) mass is 832 g/mol. The van der Waals surface area contributed by atoms with Crippen LogP contribution in [-0.4, -0.2) is 36.5 Å². The molecular formula is C49H38O9P2. The van der Waals surface area contributed by atoms with E-state index in [-0.39, 0.29) is 0 Å². The van der Waals surface area contributed by atoms with Gasteiger partial charge in [-0.2, -0.15) is 0 Å². The summed E-state index contributed by atoms with van der Waals surface area (Å²) in [6, 6.07) is 49.5. The van der Waals surface area contributed by atoms with Gasteiger partial charge in [0.15, 0.2) is 12.1 Å². The second-order valence-corrected chi connectivity index (χ2v) is 17.9. The fourth-order valence-electron chi connectivity index (χ4n) is 9.08. The molecule has 298 valence electrons. The van der Waals surface area contributed by atoms with Gasteiger partial charge in [0.25, 0.3) is 0 Å². The lowest BCUT2D eigenvalue weighted by molar-refractivity contribution is -0.218. The quantitative estimate of drug-likeness (QED) is 0.168. The summed E-state index contributed by atoms with van der Waals surface area (Å²) in [4.78, 5) is 0. The molecule has 0 aliphatic carbocycles. The molecule has 5 atom stereocenters. The molecule has 0 radical (unpaired) electrons. The minimum Gasteiger partial charge on any atom is -0.399 e. The van der Waals surface area contributed by atoms with Gasteiger partial charge in [-0.05, 0) is 88.1 Å². The minimum atomic E-state index is -2.05. The topological polar surface area (TPSA) is 98.7 Å². The van der Waals surface area contributed by atoms with Crippen LogP contribution >= 0.6 is 16.5 Å². The van der Waals surface area contributed by atoms with Gasteiger partial charge in [-0.3, -0.25) is 9.05 Å². The standard InChI is InChI=1S/C49H38O9P2/c1-28(53-59-54-37-24-20-29-12-4-8-16-33(29)41(37)42-34-17-9-5-13-30(34)21-25-38(42)55-59)45-46(47-48(50-45)52-49(2,3)51-47)58-60-56-39-26-22-31-14-6-10-18-35(31)43(39)44-36-19-11-7-15-32(36)23-27-40(44)57-60/h4-28,45-48H,1-3H3/t28-,45-,46+,47-,48-/m1/s1. The molecule has 0 amide bonds. The largest absolute Gasteiger partial charge is 0.399 e. The number of hydrogen-bond acceptors (Lipinski definition) is 9. The lowest BCUT2D eigenvalue weighted by Gasteiger charge is -2.27. The van der Waals surface area contributed by atoms with Gasteiger partial charge < -0.3 is 31.0 Å². The van der Waals surface area contributed by atoms with Gasteiger partial charge in [-0.25, -0.2) is 0 Å². The molecule has 2 aliphatic heterocycles. The Morgan fingerprint density at radius 3 is 1.28 bits per heavy atom. The Kier molecular flexibility index (Phi) is 8.45. The third kappa shape index (κ3) is 5.96. The van der Waals surface area contributed by atoms with Crippen LogP contribution in [0.5, 0.6) is 0 Å². The van der Waals surface area contributed by atoms with Crippen molar-refractivity contribution in [1.29, 1.82) is 0 Å². The predicted molar refractivity (Wildman–Crippen MR) is 238 cm³/mol. The van der Waals surface area contributed by atoms with Gasteiger partial charge in [0.2, 0.25) is 0 Å². The number of ether oxygens (including phenoxy) is 3. The summed E-state index contributed by atoms with van der Waals surface area (Å²) < 4.78 is 60.2. The number of benzene rings is 8. The molecule has 0 unspecified atom stereocenters. The van der Waals surface area contributed by atoms with Crippen LogP contribution < -0.4 is 9.05 Å². The number of hydrogen-bond donors (Lipinski definition) is 0. The first-order valence-corrected chi connectivity index (χ1v) is 22.3. The molecule has 0 saturated carbocycles. The van der Waals surface area contributed by atoms with E-state index in [1.165, 1.54) is 0 Å². The van der Waals surface area contributed by atoms with Crippen LogP contribution in [0, 0.1) is 0 Å². The van der Waals surface area contributed by atoms with E-state index in [4.69, 9.17) is 40.0 Å². The minimum absolute atomic E-state index is 0.607. The van der Waals surface area contributed by atoms with Gasteiger partial charge in [0, 0.05) is 21.5 Å². The highest BCUT2D eigenvalue weighted by Crippen LogP contribution is 2.47. The Hall–Kier alpha value is -5.60. The summed E-state index contributed by atoms with van der Waals surface area (Å²) in [7, 11) is -4.05. The first-order valence-electron chi connectivity index (χ1n) is 20.1. The van der Waals surface area contributed by atoms with Crippen molar-refractivity contribution >= 4 is 103 Å². The summed E-state index contributed by atoms with van der Waals surface area (Å²) >= 11 is 0. The molecular weight excluding hydrogens is 794 g/mol. The van der Waals surface area contributed by atoms with Gasteiger partial charge in [-0.1, -0.05) is 121 Å². The summed E-state index contributed by atoms with van der Waals surface area (Å²) in [5, 5.41) is 12.5. The maximum Gasteiger partial charge on any atom is 0.387 e. The lowest BCUT2D eigenvalue weighted by atomic mass is 9.99. The fourth-order valence-corrected chi connectivity index (χ4v) is 11.4. The molecule has 60 heavy (non-hydrogen) atoms. The van der Waals surface area contributed by atoms with E-state index >= 15 is 0 Å². The Morgan fingerprint density at radius 2 is 0.867 bits per heavy atom. The second-order valence-electron chi connectivity index (χ2n) is 15.9. The molecule has 8 aromatic carbocycles. The van der Waals surface area contributed by atoms with Crippen molar-refractivity contribution in [1.82, 2.24) is 0 Å². The summed E-state index contributed by atoms with van der Waals surface area (Å²) in [6.45, 7) is 5.67. The lowest BCUT2D eigenvalue weighted by Crippen LogP contribution is -2.44. The highest BCUT2D eigenvalue weighted by atomic mass is 31.1. The van der Waals surface area contributed by atoms with E-state index in [2.05, 4.69) is 72.8 Å². The van der Waals surface area contributed by atoms with Crippen LogP contribution in [0.25, 0.3) is 87.0 Å². The van der Waals surface area contributed by atoms with Crippen molar-refractivity contribution in [2.45, 2.75) is 57.3 Å². The predicted octanol–water partition coefficient (Wildman–Crippen LogP) is 13.7. The molecule has 0 N–H and O–H groups in total. The SMILES string of the molecule is C[C@@H](Op1oc2ccc3ccccc3c2c2c(ccc3ccccc32)o1)[C@H]1O[C@@H]2OC(C)(C)O[C@@H]2[C@H]1Op1oc2ccc3ccccc3c2c2c(ccc3ccccc32)o1. The van der Waals surface area contributed by atoms with Crippen LogP contribution in [-0.2, 0) is 14.2 Å². The van der Waals surface area contributed by atoms with Gasteiger partial charge in [0.05, 0.1) is 6.10 Å². The van der Waals surface area contributed by atoms with Crippen LogP contribution in [0.15, 0.2) is 162 Å². The van der Waals surface area contributed by atoms with Crippen molar-refractivity contribution < 1.29 is 40.0 Å². The van der Waals surface area contributed by atoms with Crippen molar-refractivity contribution in [3.8, 4) is 0 Å². The Balaban J connectivity index is 0.992. The Bertz CT molecular complexity index is 3240. The van der Waals surface area contributed by atoms with E-state index in [1.54, 1.807) is 0 Å². The van der Waals surface area contributed by atoms with E-state index in [1.807, 2.05) is 93.6 Å². The van der Waals surface area contributed by atoms with Crippen LogP contribution in [0.2, 0.25) is 0 Å². The molecule has 4 heterocycles. The van der Waals surface area contributed by atoms with Crippen LogP contribution in [0.1, 0.15) is 20.8 Å². The molecule has 2 saturated heterocycles. The third-order valence-electron chi connectivity index (χ3n) is 11.7. The van der Waals surface area contributed by atoms with Crippen LogP contribution in [0.3, 0.4) is 0 Å². The van der Waals surface area contributed by atoms with Gasteiger partial charge in [0.1, 0.15) is 40.6 Å². The maximum absolute atomic E-state index is 6.97. The summed E-state index contributed by atoms with van der Waals surface area (Å²) in [5.41, 5.74) is 2.68. The molecule has 0 bridgehead atoms. The average molecular weight is 833 g/mol. The average Bonchev–Trinajstić information content (AvgIpc) is 3.59. The highest BCUT2D eigenvalue weighted by Gasteiger charge is 2.58. The first kappa shape index (κ1) is 36.3. The van der Waals surface area contributed by atoms with E-state index in [0.717, 1.165) is 64.6 Å². The van der Waals surface area contributed by atoms with Crippen molar-refractivity contribution in [3.05, 3.63) is 146 Å². The van der Waals surface area contributed by atoms with Gasteiger partial charge in [-0.15, -0.1) is 0 Å². The smallest absolute Gasteiger partial charge is 0.387 e. The highest BCUT2D eigenvalue weighted by molar-refractivity contribution is 7.32. The molecule has 9 nitrogen and oxygen atoms in total. The second kappa shape index (κ2) is 14.0. The zero-order chi connectivity index (χ0) is 40.1. The zero-order valence-electron chi connectivity index (χ0n) is 32.8. The van der Waals surface area contributed by atoms with Crippen molar-refractivity contribution in [3.63, 3.8) is 0 Å². The van der Waals surface area contributed by atoms with Gasteiger partial charge >= 0.3 is 16.5 Å². The Morgan fingerprint density at radius 1 is 0.483 bits per heavy atom. The molecule has 2 aliphatic rings. The molecule has 2 aromatic heterocycles. The van der Waals surface area contributed by atoms with E-state index in [0.29, 0.717) is 22.3 Å². The molecule has 0 spiro atoms. The van der Waals surface area contributed by atoms with E-state index in [9.17, 15) is 0 Å². The number of rotatable bonds is 5. The zero-order valence-corrected chi connectivity index (χ0v) is 34.6. The third-order valence-corrected chi connectivity index (χ3v) is 14.0. The van der Waals surface area contributed by atoms with Crippen LogP contribution in [0.4, 0.5) is 0 Å². The summed E-state index contributed by atoms with van der Waals surface area (Å²) in [5.74, 6) is -0.905.